The van der Waals surface area contributed by atoms with Gasteiger partial charge in [-0.2, -0.15) is 5.10 Å². The molecule has 2 aliphatic rings. The lowest BCUT2D eigenvalue weighted by Gasteiger charge is -2.42. The molecule has 0 atom stereocenters. The van der Waals surface area contributed by atoms with Gasteiger partial charge in [0.15, 0.2) is 11.4 Å². The van der Waals surface area contributed by atoms with Crippen LogP contribution in [-0.2, 0) is 17.8 Å². The maximum Gasteiger partial charge on any atom is 0.272 e. The van der Waals surface area contributed by atoms with Gasteiger partial charge in [-0.25, -0.2) is 8.78 Å². The molecule has 0 unspecified atom stereocenters. The highest BCUT2D eigenvalue weighted by molar-refractivity contribution is 5.97. The number of aromatic nitrogens is 3. The molecule has 5 rings (SSSR count). The van der Waals surface area contributed by atoms with Crippen LogP contribution in [0.3, 0.4) is 0 Å². The minimum absolute atomic E-state index is 0.0376. The van der Waals surface area contributed by atoms with Crippen molar-refractivity contribution in [3.05, 3.63) is 69.9 Å². The van der Waals surface area contributed by atoms with E-state index < -0.39 is 34.3 Å². The van der Waals surface area contributed by atoms with Crippen molar-refractivity contribution in [2.24, 2.45) is 0 Å². The minimum atomic E-state index is -0.693. The standard InChI is InChI=1S/C22H20F2N4O4/c23-15-2-1-13(17(24)7-15)9-28-10-14(8-25-28)16-11-27-12-22(3-5-32-6-4-22)26-21(31)18(27)20(30)19(16)29/h1-2,7-8,10-11,30H,3-6,9,12H2,(H,26,31). The van der Waals surface area contributed by atoms with E-state index in [2.05, 4.69) is 10.4 Å². The maximum atomic E-state index is 14.0. The van der Waals surface area contributed by atoms with E-state index in [0.717, 1.165) is 12.1 Å². The SMILES string of the molecule is O=C1NC2(CCOCC2)Cn2cc(-c3cnn(Cc4ccc(F)cc4F)c3)c(=O)c(O)c21. The summed E-state index contributed by atoms with van der Waals surface area (Å²) in [5.74, 6) is -2.49. The molecule has 8 nitrogen and oxygen atoms in total. The third-order valence-electron chi connectivity index (χ3n) is 6.06. The van der Waals surface area contributed by atoms with E-state index in [0.29, 0.717) is 38.2 Å². The summed E-state index contributed by atoms with van der Waals surface area (Å²) in [5, 5.41) is 17.6. The van der Waals surface area contributed by atoms with Crippen LogP contribution in [0.25, 0.3) is 11.1 Å². The fourth-order valence-corrected chi connectivity index (χ4v) is 4.34. The molecule has 1 fully saturated rings. The lowest BCUT2D eigenvalue weighted by molar-refractivity contribution is 0.0240. The topological polar surface area (TPSA) is 98.4 Å². The summed E-state index contributed by atoms with van der Waals surface area (Å²) in [6.07, 6.45) is 5.77. The third kappa shape index (κ3) is 3.46. The number of carbonyl (C=O) groups excluding carboxylic acids is 1. The van der Waals surface area contributed by atoms with E-state index >= 15 is 0 Å². The first-order chi connectivity index (χ1) is 15.3. The number of pyridine rings is 1. The number of carbonyl (C=O) groups is 1. The average Bonchev–Trinajstić information content (AvgIpc) is 3.21. The van der Waals surface area contributed by atoms with E-state index in [1.54, 1.807) is 17.0 Å². The first kappa shape index (κ1) is 20.4. The molecule has 3 aromatic rings. The molecular weight excluding hydrogens is 422 g/mol. The third-order valence-corrected chi connectivity index (χ3v) is 6.06. The van der Waals surface area contributed by atoms with Crippen LogP contribution >= 0.6 is 0 Å². The van der Waals surface area contributed by atoms with Crippen molar-refractivity contribution < 1.29 is 23.4 Å². The molecule has 0 radical (unpaired) electrons. The molecule has 1 amide bonds. The van der Waals surface area contributed by atoms with Crippen molar-refractivity contribution in [2.75, 3.05) is 13.2 Å². The van der Waals surface area contributed by atoms with Gasteiger partial charge >= 0.3 is 0 Å². The highest BCUT2D eigenvalue weighted by Crippen LogP contribution is 2.31. The molecule has 4 heterocycles. The van der Waals surface area contributed by atoms with E-state index in [1.165, 1.54) is 16.9 Å². The smallest absolute Gasteiger partial charge is 0.272 e. The van der Waals surface area contributed by atoms with Gasteiger partial charge in [0.1, 0.15) is 11.6 Å². The summed E-state index contributed by atoms with van der Waals surface area (Å²) in [4.78, 5) is 25.5. The van der Waals surface area contributed by atoms with Crippen LogP contribution in [0.5, 0.6) is 5.75 Å². The van der Waals surface area contributed by atoms with Crippen LogP contribution in [-0.4, -0.2) is 44.1 Å². The number of rotatable bonds is 3. The summed E-state index contributed by atoms with van der Waals surface area (Å²) < 4.78 is 35.5. The lowest BCUT2D eigenvalue weighted by atomic mass is 9.87. The van der Waals surface area contributed by atoms with Gasteiger partial charge in [0.2, 0.25) is 5.43 Å². The molecule has 0 saturated carbocycles. The van der Waals surface area contributed by atoms with Gasteiger partial charge in [0, 0.05) is 49.3 Å². The number of benzene rings is 1. The zero-order chi connectivity index (χ0) is 22.5. The molecule has 0 aliphatic carbocycles. The molecule has 2 N–H and O–H groups in total. The van der Waals surface area contributed by atoms with Crippen molar-refractivity contribution in [3.8, 4) is 16.9 Å². The second-order valence-electron chi connectivity index (χ2n) is 8.21. The fourth-order valence-electron chi connectivity index (χ4n) is 4.34. The number of hydrogen-bond donors (Lipinski definition) is 2. The van der Waals surface area contributed by atoms with Crippen LogP contribution in [0, 0.1) is 11.6 Å². The Balaban J connectivity index is 1.50. The lowest BCUT2D eigenvalue weighted by Crippen LogP contribution is -2.58. The summed E-state index contributed by atoms with van der Waals surface area (Å²) in [6, 6.07) is 3.29. The van der Waals surface area contributed by atoms with Gasteiger partial charge in [-0.15, -0.1) is 0 Å². The number of nitrogens with one attached hydrogen (secondary N) is 1. The molecule has 32 heavy (non-hydrogen) atoms. The van der Waals surface area contributed by atoms with Crippen molar-refractivity contribution in [2.45, 2.75) is 31.5 Å². The monoisotopic (exact) mass is 442 g/mol. The number of nitrogens with zero attached hydrogens (tertiary/aromatic N) is 3. The van der Waals surface area contributed by atoms with E-state index in [1.807, 2.05) is 0 Å². The minimum Gasteiger partial charge on any atom is -0.503 e. The number of ether oxygens (including phenoxy) is 1. The quantitative estimate of drug-likeness (QED) is 0.647. The first-order valence-corrected chi connectivity index (χ1v) is 10.2. The zero-order valence-corrected chi connectivity index (χ0v) is 17.0. The molecule has 0 bridgehead atoms. The Morgan fingerprint density at radius 1 is 1.19 bits per heavy atom. The zero-order valence-electron chi connectivity index (χ0n) is 17.0. The van der Waals surface area contributed by atoms with Crippen molar-refractivity contribution >= 4 is 5.91 Å². The van der Waals surface area contributed by atoms with Gasteiger partial charge in [0.05, 0.1) is 23.8 Å². The van der Waals surface area contributed by atoms with Crippen molar-refractivity contribution in [3.63, 3.8) is 0 Å². The fraction of sp³-hybridized carbons (Fsp3) is 0.318. The molecular formula is C22H20F2N4O4. The predicted octanol–water partition coefficient (Wildman–Crippen LogP) is 2.04. The van der Waals surface area contributed by atoms with Gasteiger partial charge in [-0.3, -0.25) is 14.3 Å². The molecule has 10 heteroatoms. The van der Waals surface area contributed by atoms with Crippen LogP contribution in [0.15, 0.2) is 41.6 Å². The summed E-state index contributed by atoms with van der Waals surface area (Å²) in [7, 11) is 0. The van der Waals surface area contributed by atoms with E-state index in [9.17, 15) is 23.5 Å². The Morgan fingerprint density at radius 3 is 2.72 bits per heavy atom. The van der Waals surface area contributed by atoms with Gasteiger partial charge in [-0.1, -0.05) is 6.07 Å². The molecule has 2 aromatic heterocycles. The number of hydrogen-bond acceptors (Lipinski definition) is 5. The second-order valence-corrected chi connectivity index (χ2v) is 8.21. The van der Waals surface area contributed by atoms with Crippen LogP contribution in [0.2, 0.25) is 0 Å². The Bertz CT molecular complexity index is 1280. The number of fused-ring (bicyclic) bond motifs is 1. The van der Waals surface area contributed by atoms with E-state index in [4.69, 9.17) is 4.74 Å². The molecule has 1 saturated heterocycles. The summed E-state index contributed by atoms with van der Waals surface area (Å²) >= 11 is 0. The van der Waals surface area contributed by atoms with Gasteiger partial charge < -0.3 is 19.7 Å². The van der Waals surface area contributed by atoms with E-state index in [-0.39, 0.29) is 23.4 Å². The Hall–Kier alpha value is -3.53. The highest BCUT2D eigenvalue weighted by atomic mass is 19.1. The predicted molar refractivity (Wildman–Crippen MR) is 109 cm³/mol. The average molecular weight is 442 g/mol. The molecule has 1 aromatic carbocycles. The molecule has 2 aliphatic heterocycles. The molecule has 166 valence electrons. The maximum absolute atomic E-state index is 14.0. The Morgan fingerprint density at radius 2 is 1.97 bits per heavy atom. The largest absolute Gasteiger partial charge is 0.503 e. The van der Waals surface area contributed by atoms with Crippen molar-refractivity contribution in [1.82, 2.24) is 19.7 Å². The Labute approximate surface area is 181 Å². The number of halogens is 2. The summed E-state index contributed by atoms with van der Waals surface area (Å²) in [6.45, 7) is 1.46. The van der Waals surface area contributed by atoms with Crippen molar-refractivity contribution in [1.29, 1.82) is 0 Å². The van der Waals surface area contributed by atoms with Crippen LogP contribution in [0.4, 0.5) is 8.78 Å². The first-order valence-electron chi connectivity index (χ1n) is 10.2. The molecule has 1 spiro atoms. The number of amides is 1. The second kappa shape index (κ2) is 7.56. The highest BCUT2D eigenvalue weighted by Gasteiger charge is 2.41. The Kier molecular flexibility index (Phi) is 4.81. The van der Waals surface area contributed by atoms with Crippen LogP contribution < -0.4 is 10.7 Å². The van der Waals surface area contributed by atoms with Crippen LogP contribution in [0.1, 0.15) is 28.9 Å². The van der Waals surface area contributed by atoms with Gasteiger partial charge in [-0.05, 0) is 18.9 Å². The van der Waals surface area contributed by atoms with Gasteiger partial charge in [0.25, 0.3) is 5.91 Å². The summed E-state index contributed by atoms with van der Waals surface area (Å²) in [5.41, 5.74) is -0.433. The normalized spacial score (nSPS) is 17.2. The number of aromatic hydroxyl groups is 1.